The molecule has 8 heteroatoms. The fourth-order valence-electron chi connectivity index (χ4n) is 2.03. The summed E-state index contributed by atoms with van der Waals surface area (Å²) in [4.78, 5) is 11.7. The van der Waals surface area contributed by atoms with E-state index in [2.05, 4.69) is 10.6 Å². The van der Waals surface area contributed by atoms with Crippen LogP contribution in [0.25, 0.3) is 0 Å². The zero-order valence-electron chi connectivity index (χ0n) is 10.5. The number of carbonyl (C=O) groups excluding carboxylic acids is 1. The fourth-order valence-corrected chi connectivity index (χ4v) is 4.34. The monoisotopic (exact) mass is 336 g/mol. The molecule has 1 aliphatic heterocycles. The van der Waals surface area contributed by atoms with Crippen LogP contribution in [0.15, 0.2) is 18.2 Å². The number of urea groups is 1. The van der Waals surface area contributed by atoms with Crippen LogP contribution in [0.3, 0.4) is 0 Å². The summed E-state index contributed by atoms with van der Waals surface area (Å²) in [6.45, 7) is 0.330. The van der Waals surface area contributed by atoms with Crippen LogP contribution in [0.5, 0.6) is 0 Å². The topological polar surface area (TPSA) is 75.3 Å². The fraction of sp³-hybridized carbons (Fsp3) is 0.417. The number of rotatable bonds is 3. The first-order valence-electron chi connectivity index (χ1n) is 6.06. The molecule has 1 aromatic rings. The number of hydrogen-bond donors (Lipinski definition) is 2. The molecule has 1 unspecified atom stereocenters. The van der Waals surface area contributed by atoms with E-state index >= 15 is 0 Å². The summed E-state index contributed by atoms with van der Waals surface area (Å²) >= 11 is 11.7. The Morgan fingerprint density at radius 2 is 2.10 bits per heavy atom. The van der Waals surface area contributed by atoms with Crippen molar-refractivity contribution in [3.63, 3.8) is 0 Å². The first-order chi connectivity index (χ1) is 9.35. The van der Waals surface area contributed by atoms with Gasteiger partial charge in [0.15, 0.2) is 9.84 Å². The molecule has 1 aliphatic rings. The summed E-state index contributed by atoms with van der Waals surface area (Å²) in [7, 11) is -2.92. The van der Waals surface area contributed by atoms with Gasteiger partial charge in [-0.15, -0.1) is 0 Å². The molecule has 2 N–H and O–H groups in total. The molecule has 0 spiro atoms. The molecule has 0 saturated carbocycles. The maximum Gasteiger partial charge on any atom is 0.319 e. The number of halogens is 2. The molecule has 110 valence electrons. The maximum atomic E-state index is 11.7. The van der Waals surface area contributed by atoms with Crippen molar-refractivity contribution in [2.45, 2.75) is 6.42 Å². The van der Waals surface area contributed by atoms with E-state index in [0.29, 0.717) is 28.7 Å². The van der Waals surface area contributed by atoms with Gasteiger partial charge in [0.25, 0.3) is 0 Å². The van der Waals surface area contributed by atoms with Crippen LogP contribution in [0.2, 0.25) is 10.0 Å². The van der Waals surface area contributed by atoms with Crippen LogP contribution in [-0.2, 0) is 9.84 Å². The Labute approximate surface area is 127 Å². The summed E-state index contributed by atoms with van der Waals surface area (Å²) in [6, 6.07) is 4.33. The van der Waals surface area contributed by atoms with E-state index in [0.717, 1.165) is 0 Å². The second-order valence-corrected chi connectivity index (χ2v) is 7.80. The van der Waals surface area contributed by atoms with Gasteiger partial charge in [0.05, 0.1) is 22.2 Å². The van der Waals surface area contributed by atoms with Crippen LogP contribution in [-0.4, -0.2) is 32.5 Å². The number of hydrogen-bond acceptors (Lipinski definition) is 3. The zero-order valence-corrected chi connectivity index (χ0v) is 12.9. The number of benzene rings is 1. The zero-order chi connectivity index (χ0) is 14.8. The highest BCUT2D eigenvalue weighted by Gasteiger charge is 2.27. The molecule has 2 amide bonds. The van der Waals surface area contributed by atoms with Crippen LogP contribution in [0.4, 0.5) is 10.5 Å². The van der Waals surface area contributed by atoms with E-state index in [9.17, 15) is 13.2 Å². The third kappa shape index (κ3) is 4.26. The van der Waals surface area contributed by atoms with Crippen molar-refractivity contribution >= 4 is 44.8 Å². The Morgan fingerprint density at radius 3 is 2.70 bits per heavy atom. The van der Waals surface area contributed by atoms with E-state index in [4.69, 9.17) is 23.2 Å². The first kappa shape index (κ1) is 15.4. The third-order valence-corrected chi connectivity index (χ3v) is 5.44. The van der Waals surface area contributed by atoms with Crippen molar-refractivity contribution in [2.24, 2.45) is 5.92 Å². The van der Waals surface area contributed by atoms with Crippen LogP contribution < -0.4 is 10.6 Å². The van der Waals surface area contributed by atoms with Crippen molar-refractivity contribution in [1.82, 2.24) is 5.32 Å². The summed E-state index contributed by atoms with van der Waals surface area (Å²) in [5, 5.41) is 6.07. The number of amides is 2. The molecule has 0 bridgehead atoms. The number of sulfone groups is 1. The molecule has 1 heterocycles. The van der Waals surface area contributed by atoms with Crippen LogP contribution in [0.1, 0.15) is 6.42 Å². The molecular formula is C12H14Cl2N2O3S. The standard InChI is InChI=1S/C12H14Cl2N2O3S/c13-9-1-2-11(10(14)5-9)16-12(17)15-6-8-3-4-20(18,19)7-8/h1-2,5,8H,3-4,6-7H2,(H2,15,16,17). The lowest BCUT2D eigenvalue weighted by atomic mass is 10.1. The van der Waals surface area contributed by atoms with Crippen molar-refractivity contribution < 1.29 is 13.2 Å². The number of carbonyl (C=O) groups is 1. The predicted octanol–water partition coefficient (Wildman–Crippen LogP) is 2.55. The molecule has 2 rings (SSSR count). The highest BCUT2D eigenvalue weighted by atomic mass is 35.5. The normalized spacial score (nSPS) is 20.6. The lowest BCUT2D eigenvalue weighted by Crippen LogP contribution is -2.33. The van der Waals surface area contributed by atoms with Crippen LogP contribution >= 0.6 is 23.2 Å². The predicted molar refractivity (Wildman–Crippen MR) is 80.2 cm³/mol. The maximum absolute atomic E-state index is 11.7. The van der Waals surface area contributed by atoms with Gasteiger partial charge in [-0.05, 0) is 30.5 Å². The molecule has 1 atom stereocenters. The second-order valence-electron chi connectivity index (χ2n) is 4.73. The Morgan fingerprint density at radius 1 is 1.35 bits per heavy atom. The van der Waals surface area contributed by atoms with Crippen molar-refractivity contribution in [2.75, 3.05) is 23.4 Å². The largest absolute Gasteiger partial charge is 0.338 e. The molecule has 5 nitrogen and oxygen atoms in total. The minimum Gasteiger partial charge on any atom is -0.338 e. The van der Waals surface area contributed by atoms with Gasteiger partial charge in [0.2, 0.25) is 0 Å². The van der Waals surface area contributed by atoms with Crippen molar-refractivity contribution in [3.8, 4) is 0 Å². The Balaban J connectivity index is 1.84. The van der Waals surface area contributed by atoms with E-state index in [-0.39, 0.29) is 17.4 Å². The Hall–Kier alpha value is -0.980. The Bertz CT molecular complexity index is 619. The average Bonchev–Trinajstić information content (AvgIpc) is 2.70. The number of nitrogens with one attached hydrogen (secondary N) is 2. The molecule has 1 aromatic carbocycles. The summed E-state index contributed by atoms with van der Waals surface area (Å²) in [5.41, 5.74) is 0.451. The minimum absolute atomic E-state index is 0.0218. The van der Waals surface area contributed by atoms with Crippen LogP contribution in [0, 0.1) is 5.92 Å². The van der Waals surface area contributed by atoms with Gasteiger partial charge < -0.3 is 10.6 Å². The van der Waals surface area contributed by atoms with Gasteiger partial charge in [0.1, 0.15) is 0 Å². The minimum atomic E-state index is -2.92. The molecule has 0 aliphatic carbocycles. The number of anilines is 1. The summed E-state index contributed by atoms with van der Waals surface area (Å²) in [5.74, 6) is 0.310. The van der Waals surface area contributed by atoms with Gasteiger partial charge in [-0.25, -0.2) is 13.2 Å². The second kappa shape index (κ2) is 6.20. The average molecular weight is 337 g/mol. The molecule has 1 fully saturated rings. The van der Waals surface area contributed by atoms with Gasteiger partial charge in [-0.1, -0.05) is 23.2 Å². The SMILES string of the molecule is O=C(NCC1CCS(=O)(=O)C1)Nc1ccc(Cl)cc1Cl. The lowest BCUT2D eigenvalue weighted by molar-refractivity contribution is 0.250. The van der Waals surface area contributed by atoms with E-state index in [1.54, 1.807) is 12.1 Å². The molecule has 1 saturated heterocycles. The smallest absolute Gasteiger partial charge is 0.319 e. The molecule has 20 heavy (non-hydrogen) atoms. The Kier molecular flexibility index (Phi) is 4.78. The van der Waals surface area contributed by atoms with Gasteiger partial charge in [0, 0.05) is 11.6 Å². The molecule has 0 aromatic heterocycles. The quantitative estimate of drug-likeness (QED) is 0.890. The molecule has 0 radical (unpaired) electrons. The van der Waals surface area contributed by atoms with E-state index in [1.165, 1.54) is 6.07 Å². The van der Waals surface area contributed by atoms with E-state index in [1.807, 2.05) is 0 Å². The highest BCUT2D eigenvalue weighted by molar-refractivity contribution is 7.91. The lowest BCUT2D eigenvalue weighted by Gasteiger charge is -2.11. The summed E-state index contributed by atoms with van der Waals surface area (Å²) in [6.07, 6.45) is 0.588. The van der Waals surface area contributed by atoms with Gasteiger partial charge in [-0.3, -0.25) is 0 Å². The van der Waals surface area contributed by atoms with E-state index < -0.39 is 15.9 Å². The third-order valence-electron chi connectivity index (χ3n) is 3.06. The highest BCUT2D eigenvalue weighted by Crippen LogP contribution is 2.25. The molecular weight excluding hydrogens is 323 g/mol. The van der Waals surface area contributed by atoms with Crippen molar-refractivity contribution in [1.29, 1.82) is 0 Å². The van der Waals surface area contributed by atoms with Crippen molar-refractivity contribution in [3.05, 3.63) is 28.2 Å². The first-order valence-corrected chi connectivity index (χ1v) is 8.64. The van der Waals surface area contributed by atoms with Gasteiger partial charge in [-0.2, -0.15) is 0 Å². The summed E-state index contributed by atoms with van der Waals surface area (Å²) < 4.78 is 22.6. The van der Waals surface area contributed by atoms with Gasteiger partial charge >= 0.3 is 6.03 Å².